The maximum absolute atomic E-state index is 14.3. The number of rotatable bonds is 5. The van der Waals surface area contributed by atoms with Crippen molar-refractivity contribution < 1.29 is 13.2 Å². The molecule has 0 aromatic heterocycles. The third-order valence-electron chi connectivity index (χ3n) is 4.57. The lowest BCUT2D eigenvalue weighted by Crippen LogP contribution is -1.91. The van der Waals surface area contributed by atoms with E-state index in [-0.39, 0.29) is 5.82 Å². The highest BCUT2D eigenvalue weighted by Gasteiger charge is 2.05. The molecule has 0 saturated heterocycles. The van der Waals surface area contributed by atoms with Gasteiger partial charge in [0.2, 0.25) is 0 Å². The van der Waals surface area contributed by atoms with E-state index in [4.69, 9.17) is 0 Å². The van der Waals surface area contributed by atoms with Crippen LogP contribution >= 0.6 is 0 Å². The average molecular weight is 366 g/mol. The van der Waals surface area contributed by atoms with Crippen LogP contribution in [0, 0.1) is 29.3 Å². The zero-order valence-electron chi connectivity index (χ0n) is 15.3. The standard InChI is InChI=1S/C24H21F3/c1-2-3-4-5-6-17-7-10-19(22(25)14-17)11-8-18-9-12-20-15-23(26)24(27)16-21(20)13-18/h7,9-10,12-16H,2-6H2,1H3. The number of aryl methyl sites for hydroxylation is 1. The Labute approximate surface area is 158 Å². The number of hydrogen-bond donors (Lipinski definition) is 0. The molecule has 0 aliphatic rings. The molecule has 0 aliphatic carbocycles. The molecule has 0 spiro atoms. The topological polar surface area (TPSA) is 0 Å². The molecule has 0 amide bonds. The summed E-state index contributed by atoms with van der Waals surface area (Å²) in [5.74, 6) is 3.63. The summed E-state index contributed by atoms with van der Waals surface area (Å²) in [6, 6.07) is 12.5. The van der Waals surface area contributed by atoms with Crippen molar-refractivity contribution in [2.75, 3.05) is 0 Å². The van der Waals surface area contributed by atoms with E-state index < -0.39 is 11.6 Å². The fraction of sp³-hybridized carbons (Fsp3) is 0.250. The summed E-state index contributed by atoms with van der Waals surface area (Å²) in [5.41, 5.74) is 1.94. The highest BCUT2D eigenvalue weighted by Crippen LogP contribution is 2.20. The van der Waals surface area contributed by atoms with Gasteiger partial charge in [0, 0.05) is 5.56 Å². The van der Waals surface area contributed by atoms with Gasteiger partial charge in [-0.25, -0.2) is 13.2 Å². The average Bonchev–Trinajstić information content (AvgIpc) is 2.65. The Kier molecular flexibility index (Phi) is 6.19. The van der Waals surface area contributed by atoms with Gasteiger partial charge in [-0.05, 0) is 65.6 Å². The largest absolute Gasteiger partial charge is 0.206 e. The number of hydrogen-bond acceptors (Lipinski definition) is 0. The van der Waals surface area contributed by atoms with Crippen molar-refractivity contribution in [1.29, 1.82) is 0 Å². The summed E-state index contributed by atoms with van der Waals surface area (Å²) in [7, 11) is 0. The van der Waals surface area contributed by atoms with E-state index in [1.807, 2.05) is 6.07 Å². The van der Waals surface area contributed by atoms with Crippen molar-refractivity contribution in [3.8, 4) is 11.8 Å². The van der Waals surface area contributed by atoms with E-state index in [2.05, 4.69) is 18.8 Å². The molecule has 3 heteroatoms. The Balaban J connectivity index is 1.77. The lowest BCUT2D eigenvalue weighted by molar-refractivity contribution is 0.511. The van der Waals surface area contributed by atoms with Crippen LogP contribution in [0.15, 0.2) is 48.5 Å². The van der Waals surface area contributed by atoms with Crippen molar-refractivity contribution in [2.45, 2.75) is 39.0 Å². The molecular formula is C24H21F3. The van der Waals surface area contributed by atoms with Gasteiger partial charge in [-0.2, -0.15) is 0 Å². The first kappa shape index (κ1) is 19.0. The van der Waals surface area contributed by atoms with E-state index in [1.54, 1.807) is 30.3 Å². The summed E-state index contributed by atoms with van der Waals surface area (Å²) < 4.78 is 40.9. The SMILES string of the molecule is CCCCCCc1ccc(C#Cc2ccc3cc(F)c(F)cc3c2)c(F)c1. The Morgan fingerprint density at radius 1 is 0.704 bits per heavy atom. The molecule has 0 saturated carbocycles. The predicted octanol–water partition coefficient (Wildman–Crippen LogP) is 6.78. The van der Waals surface area contributed by atoms with Gasteiger partial charge in [-0.15, -0.1) is 0 Å². The second kappa shape index (κ2) is 8.77. The van der Waals surface area contributed by atoms with Crippen molar-refractivity contribution >= 4 is 10.8 Å². The monoisotopic (exact) mass is 366 g/mol. The van der Waals surface area contributed by atoms with Crippen molar-refractivity contribution in [2.24, 2.45) is 0 Å². The first-order valence-corrected chi connectivity index (χ1v) is 9.26. The molecule has 0 fully saturated rings. The van der Waals surface area contributed by atoms with Crippen molar-refractivity contribution in [3.63, 3.8) is 0 Å². The third kappa shape index (κ3) is 4.92. The minimum absolute atomic E-state index is 0.329. The zero-order valence-corrected chi connectivity index (χ0v) is 15.3. The van der Waals surface area contributed by atoms with Crippen molar-refractivity contribution in [1.82, 2.24) is 0 Å². The number of benzene rings is 3. The molecule has 0 atom stereocenters. The zero-order chi connectivity index (χ0) is 19.2. The van der Waals surface area contributed by atoms with Crippen LogP contribution in [0.2, 0.25) is 0 Å². The molecule has 0 N–H and O–H groups in total. The first-order valence-electron chi connectivity index (χ1n) is 9.26. The van der Waals surface area contributed by atoms with Gasteiger partial charge in [0.1, 0.15) is 5.82 Å². The Morgan fingerprint density at radius 2 is 1.48 bits per heavy atom. The van der Waals surface area contributed by atoms with Gasteiger partial charge >= 0.3 is 0 Å². The molecular weight excluding hydrogens is 345 g/mol. The van der Waals surface area contributed by atoms with E-state index in [1.165, 1.54) is 12.8 Å². The van der Waals surface area contributed by atoms with Gasteiger partial charge in [-0.1, -0.05) is 50.2 Å². The summed E-state index contributed by atoms with van der Waals surface area (Å²) in [6.45, 7) is 2.16. The predicted molar refractivity (Wildman–Crippen MR) is 104 cm³/mol. The molecule has 0 heterocycles. The molecule has 3 aromatic carbocycles. The number of unbranched alkanes of at least 4 members (excludes halogenated alkanes) is 3. The van der Waals surface area contributed by atoms with Gasteiger partial charge in [-0.3, -0.25) is 0 Å². The summed E-state index contributed by atoms with van der Waals surface area (Å²) in [4.78, 5) is 0. The Hall–Kier alpha value is -2.73. The fourth-order valence-electron chi connectivity index (χ4n) is 3.03. The lowest BCUT2D eigenvalue weighted by atomic mass is 10.0. The van der Waals surface area contributed by atoms with Crippen LogP contribution in [0.1, 0.15) is 49.3 Å². The second-order valence-electron chi connectivity index (χ2n) is 6.70. The van der Waals surface area contributed by atoms with Gasteiger partial charge in [0.15, 0.2) is 11.6 Å². The second-order valence-corrected chi connectivity index (χ2v) is 6.70. The number of halogens is 3. The van der Waals surface area contributed by atoms with E-state index in [0.717, 1.165) is 37.0 Å². The molecule has 138 valence electrons. The Bertz CT molecular complexity index is 1010. The van der Waals surface area contributed by atoms with Crippen LogP contribution in [0.3, 0.4) is 0 Å². The summed E-state index contributed by atoms with van der Waals surface area (Å²) in [5, 5.41) is 1.15. The normalized spacial score (nSPS) is 10.7. The molecule has 27 heavy (non-hydrogen) atoms. The molecule has 0 unspecified atom stereocenters. The van der Waals surface area contributed by atoms with Gasteiger partial charge < -0.3 is 0 Å². The lowest BCUT2D eigenvalue weighted by Gasteiger charge is -2.03. The Morgan fingerprint density at radius 3 is 2.22 bits per heavy atom. The molecule has 0 aliphatic heterocycles. The smallest absolute Gasteiger partial charge is 0.159 e. The maximum atomic E-state index is 14.3. The summed E-state index contributed by atoms with van der Waals surface area (Å²) >= 11 is 0. The first-order chi connectivity index (χ1) is 13.1. The van der Waals surface area contributed by atoms with Crippen LogP contribution in [-0.4, -0.2) is 0 Å². The molecule has 0 bridgehead atoms. The highest BCUT2D eigenvalue weighted by atomic mass is 19.2. The van der Waals surface area contributed by atoms with Crippen LogP contribution in [-0.2, 0) is 6.42 Å². The van der Waals surface area contributed by atoms with E-state index in [9.17, 15) is 13.2 Å². The van der Waals surface area contributed by atoms with E-state index in [0.29, 0.717) is 21.9 Å². The van der Waals surface area contributed by atoms with Crippen molar-refractivity contribution in [3.05, 3.63) is 82.7 Å². The number of fused-ring (bicyclic) bond motifs is 1. The molecule has 0 radical (unpaired) electrons. The molecule has 3 aromatic rings. The minimum atomic E-state index is -0.895. The van der Waals surface area contributed by atoms with E-state index >= 15 is 0 Å². The quantitative estimate of drug-likeness (QED) is 0.345. The van der Waals surface area contributed by atoms with Crippen LogP contribution in [0.5, 0.6) is 0 Å². The fourth-order valence-corrected chi connectivity index (χ4v) is 3.03. The molecule has 0 nitrogen and oxygen atoms in total. The minimum Gasteiger partial charge on any atom is -0.206 e. The molecule has 3 rings (SSSR count). The highest BCUT2D eigenvalue weighted by molar-refractivity contribution is 5.84. The van der Waals surface area contributed by atoms with Crippen LogP contribution in [0.25, 0.3) is 10.8 Å². The van der Waals surface area contributed by atoms with Crippen LogP contribution < -0.4 is 0 Å². The maximum Gasteiger partial charge on any atom is 0.159 e. The summed E-state index contributed by atoms with van der Waals surface area (Å²) in [6.07, 6.45) is 5.48. The van der Waals surface area contributed by atoms with Gasteiger partial charge in [0.05, 0.1) is 5.56 Å². The third-order valence-corrected chi connectivity index (χ3v) is 4.57. The van der Waals surface area contributed by atoms with Gasteiger partial charge in [0.25, 0.3) is 0 Å². The van der Waals surface area contributed by atoms with Crippen LogP contribution in [0.4, 0.5) is 13.2 Å².